The molecule has 1 aromatic heterocycles. The summed E-state index contributed by atoms with van der Waals surface area (Å²) in [6.07, 6.45) is 2.77. The zero-order valence-electron chi connectivity index (χ0n) is 18.2. The van der Waals surface area contributed by atoms with Crippen LogP contribution >= 0.6 is 0 Å². The van der Waals surface area contributed by atoms with E-state index < -0.39 is 5.69 Å². The first kappa shape index (κ1) is 22.3. The largest absolute Gasteiger partial charge is 0.492 e. The Bertz CT molecular complexity index is 957. The minimum absolute atomic E-state index is 0.244. The fraction of sp³-hybridized carbons (Fsp3) is 0.500. The molecule has 0 aliphatic carbocycles. The Morgan fingerprint density at radius 1 is 1.19 bits per heavy atom. The summed E-state index contributed by atoms with van der Waals surface area (Å²) in [6.45, 7) is 7.13. The number of anilines is 1. The van der Waals surface area contributed by atoms with E-state index in [-0.39, 0.29) is 11.8 Å². The number of hydrogen-bond acceptors (Lipinski definition) is 7. The van der Waals surface area contributed by atoms with Crippen molar-refractivity contribution in [1.29, 1.82) is 0 Å². The van der Waals surface area contributed by atoms with E-state index in [1.54, 1.807) is 17.2 Å². The lowest BCUT2D eigenvalue weighted by Crippen LogP contribution is -2.48. The first-order valence-electron chi connectivity index (χ1n) is 11.1. The van der Waals surface area contributed by atoms with Gasteiger partial charge in [0.05, 0.1) is 5.69 Å². The molecule has 4 N–H and O–H groups in total. The van der Waals surface area contributed by atoms with Gasteiger partial charge in [-0.2, -0.15) is 4.98 Å². The summed E-state index contributed by atoms with van der Waals surface area (Å²) < 4.78 is 7.28. The maximum Gasteiger partial charge on any atom is 0.354 e. The van der Waals surface area contributed by atoms with Gasteiger partial charge < -0.3 is 20.7 Å². The van der Waals surface area contributed by atoms with Crippen LogP contribution in [0.15, 0.2) is 41.3 Å². The molecule has 1 unspecified atom stereocenters. The molecular formula is C22H31N7O3. The Kier molecular flexibility index (Phi) is 7.35. The molecule has 2 aliphatic heterocycles. The number of nitrogens with one attached hydrogen (secondary N) is 2. The second-order valence-electron chi connectivity index (χ2n) is 8.17. The molecule has 1 aromatic carbocycles. The molecule has 2 aromatic rings. The van der Waals surface area contributed by atoms with Crippen molar-refractivity contribution in [3.05, 3.63) is 47.0 Å². The molecule has 0 spiro atoms. The third-order valence-corrected chi connectivity index (χ3v) is 5.94. The van der Waals surface area contributed by atoms with Crippen LogP contribution in [0.3, 0.4) is 0 Å². The number of nitrogens with zero attached hydrogens (tertiary/aromatic N) is 4. The quantitative estimate of drug-likeness (QED) is 0.567. The Labute approximate surface area is 187 Å². The van der Waals surface area contributed by atoms with Crippen LogP contribution in [0.1, 0.15) is 6.42 Å². The highest BCUT2D eigenvalue weighted by Gasteiger charge is 2.20. The molecule has 4 rings (SSSR count). The van der Waals surface area contributed by atoms with Gasteiger partial charge in [-0.05, 0) is 55.8 Å². The van der Waals surface area contributed by atoms with E-state index in [2.05, 4.69) is 20.5 Å². The lowest BCUT2D eigenvalue weighted by atomic mass is 10.1. The van der Waals surface area contributed by atoms with Crippen molar-refractivity contribution in [2.45, 2.75) is 6.42 Å². The zero-order valence-corrected chi connectivity index (χ0v) is 18.2. The van der Waals surface area contributed by atoms with Gasteiger partial charge >= 0.3 is 11.7 Å². The summed E-state index contributed by atoms with van der Waals surface area (Å²) >= 11 is 0. The summed E-state index contributed by atoms with van der Waals surface area (Å²) in [5.74, 6) is 1.60. The molecule has 32 heavy (non-hydrogen) atoms. The monoisotopic (exact) mass is 441 g/mol. The van der Waals surface area contributed by atoms with Crippen LogP contribution in [-0.4, -0.2) is 84.3 Å². The van der Waals surface area contributed by atoms with Crippen LogP contribution in [0, 0.1) is 5.92 Å². The van der Waals surface area contributed by atoms with Crippen LogP contribution in [0.25, 0.3) is 5.69 Å². The van der Waals surface area contributed by atoms with E-state index in [9.17, 15) is 9.59 Å². The van der Waals surface area contributed by atoms with E-state index >= 15 is 0 Å². The summed E-state index contributed by atoms with van der Waals surface area (Å²) in [6, 6.07) is 8.69. The van der Waals surface area contributed by atoms with Crippen molar-refractivity contribution in [3.8, 4) is 11.4 Å². The van der Waals surface area contributed by atoms with Crippen molar-refractivity contribution >= 4 is 11.8 Å². The van der Waals surface area contributed by atoms with Crippen molar-refractivity contribution in [2.75, 3.05) is 64.3 Å². The molecule has 0 radical (unpaired) electrons. The number of rotatable bonds is 7. The number of urea groups is 1. The third-order valence-electron chi connectivity index (χ3n) is 5.94. The minimum atomic E-state index is -0.458. The predicted molar refractivity (Wildman–Crippen MR) is 122 cm³/mol. The molecule has 2 saturated heterocycles. The van der Waals surface area contributed by atoms with Crippen LogP contribution in [0.2, 0.25) is 0 Å². The molecule has 172 valence electrons. The molecule has 10 nitrogen and oxygen atoms in total. The maximum atomic E-state index is 12.5. The lowest BCUT2D eigenvalue weighted by molar-refractivity contribution is 0.204. The number of likely N-dealkylation sites (tertiary alicyclic amines) is 1. The standard InChI is InChI=1S/C22H31N7O3/c23-15-17-5-9-27(16-17)13-14-32-19-3-1-18(2-4-19)29-10-6-20(26-22(29)31)25-21(30)28-11-7-24-8-12-28/h1-4,6,10,17,24H,5,7-9,11-16,23H2,(H,25,26,30,31). The number of benzene rings is 1. The topological polar surface area (TPSA) is 118 Å². The second kappa shape index (κ2) is 10.6. The maximum absolute atomic E-state index is 12.5. The van der Waals surface area contributed by atoms with Gasteiger partial charge in [-0.3, -0.25) is 14.8 Å². The fourth-order valence-corrected chi connectivity index (χ4v) is 4.03. The Morgan fingerprint density at radius 3 is 2.66 bits per heavy atom. The minimum Gasteiger partial charge on any atom is -0.492 e. The molecule has 0 saturated carbocycles. The normalized spacial score (nSPS) is 19.2. The summed E-state index contributed by atoms with van der Waals surface area (Å²) in [5.41, 5.74) is 5.96. The van der Waals surface area contributed by atoms with Crippen molar-refractivity contribution in [3.63, 3.8) is 0 Å². The average Bonchev–Trinajstić information content (AvgIpc) is 3.28. The van der Waals surface area contributed by atoms with Gasteiger partial charge in [0.1, 0.15) is 18.2 Å². The van der Waals surface area contributed by atoms with Crippen LogP contribution in [0.4, 0.5) is 10.6 Å². The van der Waals surface area contributed by atoms with Crippen molar-refractivity contribution in [2.24, 2.45) is 11.7 Å². The molecular weight excluding hydrogens is 410 g/mol. The average molecular weight is 442 g/mol. The van der Waals surface area contributed by atoms with Gasteiger partial charge in [0.2, 0.25) is 0 Å². The molecule has 2 fully saturated rings. The van der Waals surface area contributed by atoms with Crippen LogP contribution in [0.5, 0.6) is 5.75 Å². The second-order valence-corrected chi connectivity index (χ2v) is 8.17. The number of nitrogens with two attached hydrogens (primary N) is 1. The number of ether oxygens (including phenoxy) is 1. The highest BCUT2D eigenvalue weighted by Crippen LogP contribution is 2.17. The van der Waals surface area contributed by atoms with Gasteiger partial charge in [0.15, 0.2) is 0 Å². The highest BCUT2D eigenvalue weighted by molar-refractivity contribution is 5.88. The zero-order chi connectivity index (χ0) is 22.3. The third kappa shape index (κ3) is 5.64. The molecule has 10 heteroatoms. The first-order chi connectivity index (χ1) is 15.6. The fourth-order valence-electron chi connectivity index (χ4n) is 4.03. The predicted octanol–water partition coefficient (Wildman–Crippen LogP) is 0.329. The molecule has 2 aliphatic rings. The van der Waals surface area contributed by atoms with Gasteiger partial charge in [-0.15, -0.1) is 0 Å². The smallest absolute Gasteiger partial charge is 0.354 e. The number of piperazine rings is 1. The van der Waals surface area contributed by atoms with E-state index in [4.69, 9.17) is 10.5 Å². The summed E-state index contributed by atoms with van der Waals surface area (Å²) in [7, 11) is 0. The highest BCUT2D eigenvalue weighted by atomic mass is 16.5. The number of aromatic nitrogens is 2. The van der Waals surface area contributed by atoms with Gasteiger partial charge in [0, 0.05) is 45.5 Å². The number of amides is 2. The first-order valence-corrected chi connectivity index (χ1v) is 11.1. The Morgan fingerprint density at radius 2 is 1.97 bits per heavy atom. The lowest BCUT2D eigenvalue weighted by Gasteiger charge is -2.27. The van der Waals surface area contributed by atoms with E-state index in [0.717, 1.165) is 51.4 Å². The van der Waals surface area contributed by atoms with Gasteiger partial charge in [0.25, 0.3) is 0 Å². The Balaban J connectivity index is 1.30. The molecule has 0 bridgehead atoms. The number of hydrogen-bond donors (Lipinski definition) is 3. The van der Waals surface area contributed by atoms with E-state index in [1.807, 2.05) is 24.3 Å². The number of carbonyl (C=O) groups excluding carboxylic acids is 1. The van der Waals surface area contributed by atoms with E-state index in [0.29, 0.717) is 31.3 Å². The van der Waals surface area contributed by atoms with Gasteiger partial charge in [-0.1, -0.05) is 0 Å². The number of carbonyl (C=O) groups is 1. The summed E-state index contributed by atoms with van der Waals surface area (Å²) in [5, 5.41) is 5.89. The van der Waals surface area contributed by atoms with E-state index in [1.165, 1.54) is 4.57 Å². The molecule has 2 amide bonds. The molecule has 1 atom stereocenters. The van der Waals surface area contributed by atoms with Crippen molar-refractivity contribution in [1.82, 2.24) is 24.7 Å². The van der Waals surface area contributed by atoms with Gasteiger partial charge in [-0.25, -0.2) is 9.59 Å². The summed E-state index contributed by atoms with van der Waals surface area (Å²) in [4.78, 5) is 32.8. The van der Waals surface area contributed by atoms with Crippen molar-refractivity contribution < 1.29 is 9.53 Å². The molecule has 3 heterocycles. The SMILES string of the molecule is NCC1CCN(CCOc2ccc(-n3ccc(NC(=O)N4CCNCC4)nc3=O)cc2)C1. The Hall–Kier alpha value is -2.95. The van der Waals surface area contributed by atoms with Crippen LogP contribution < -0.4 is 26.8 Å². The van der Waals surface area contributed by atoms with Crippen LogP contribution in [-0.2, 0) is 0 Å².